The first kappa shape index (κ1) is 37.5. The molecule has 0 spiro atoms. The molecule has 1 atom stereocenters. The van der Waals surface area contributed by atoms with Crippen LogP contribution in [0.5, 0.6) is 0 Å². The van der Waals surface area contributed by atoms with Crippen molar-refractivity contribution in [3.05, 3.63) is 0 Å². The minimum Gasteiger partial charge on any atom is -0.481 e. The highest BCUT2D eigenvalue weighted by atomic mass is 16.4. The zero-order valence-corrected chi connectivity index (χ0v) is 26.6. The average molecular weight is 537 g/mol. The van der Waals surface area contributed by atoms with E-state index in [2.05, 4.69) is 13.8 Å². The van der Waals surface area contributed by atoms with E-state index in [-0.39, 0.29) is 5.92 Å². The Morgan fingerprint density at radius 2 is 0.553 bits per heavy atom. The summed E-state index contributed by atoms with van der Waals surface area (Å²) < 4.78 is 0. The molecule has 2 heteroatoms. The third-order valence-corrected chi connectivity index (χ3v) is 8.66. The molecule has 0 aliphatic rings. The van der Waals surface area contributed by atoms with Gasteiger partial charge < -0.3 is 5.11 Å². The van der Waals surface area contributed by atoms with Crippen LogP contribution in [-0.4, -0.2) is 11.1 Å². The molecule has 0 fully saturated rings. The first-order chi connectivity index (χ1) is 18.7. The van der Waals surface area contributed by atoms with Crippen molar-refractivity contribution in [2.24, 2.45) is 5.92 Å². The fraction of sp³-hybridized carbons (Fsp3) is 0.972. The van der Waals surface area contributed by atoms with Crippen molar-refractivity contribution in [2.45, 2.75) is 219 Å². The Morgan fingerprint density at radius 1 is 0.368 bits per heavy atom. The molecule has 38 heavy (non-hydrogen) atoms. The number of hydrogen-bond acceptors (Lipinski definition) is 1. The summed E-state index contributed by atoms with van der Waals surface area (Å²) in [5.74, 6) is -0.654. The summed E-state index contributed by atoms with van der Waals surface area (Å²) in [5, 5.41) is 9.58. The Balaban J connectivity index is 3.34. The SMILES string of the molecule is CCCCCCCCCCCCCCCCCCCCCCC(CCCCCCCCCCCC)C(=O)O. The number of carboxylic acid groups (broad SMARTS) is 1. The lowest BCUT2D eigenvalue weighted by Gasteiger charge is -2.12. The van der Waals surface area contributed by atoms with Crippen molar-refractivity contribution >= 4 is 5.97 Å². The van der Waals surface area contributed by atoms with Crippen molar-refractivity contribution < 1.29 is 9.90 Å². The number of aliphatic carboxylic acids is 1. The van der Waals surface area contributed by atoms with E-state index in [1.807, 2.05) is 0 Å². The maximum atomic E-state index is 11.6. The first-order valence-electron chi connectivity index (χ1n) is 17.9. The van der Waals surface area contributed by atoms with E-state index in [9.17, 15) is 9.90 Å². The Hall–Kier alpha value is -0.530. The standard InChI is InChI=1S/C36H72O2/c1-3-5-7-9-11-13-15-16-17-18-19-20-21-22-23-24-26-28-30-32-34-35(36(37)38)33-31-29-27-25-14-12-10-8-6-4-2/h35H,3-34H2,1-2H3,(H,37,38). The van der Waals surface area contributed by atoms with Crippen LogP contribution in [0.1, 0.15) is 219 Å². The molecule has 1 unspecified atom stereocenters. The first-order valence-corrected chi connectivity index (χ1v) is 17.9. The molecule has 0 amide bonds. The van der Waals surface area contributed by atoms with Crippen molar-refractivity contribution in [3.63, 3.8) is 0 Å². The van der Waals surface area contributed by atoms with Gasteiger partial charge in [-0.15, -0.1) is 0 Å². The van der Waals surface area contributed by atoms with Crippen LogP contribution in [0, 0.1) is 5.92 Å². The molecule has 0 aliphatic heterocycles. The molecule has 0 saturated heterocycles. The van der Waals surface area contributed by atoms with E-state index in [4.69, 9.17) is 0 Å². The van der Waals surface area contributed by atoms with Crippen LogP contribution < -0.4 is 0 Å². The van der Waals surface area contributed by atoms with Crippen molar-refractivity contribution in [1.82, 2.24) is 0 Å². The molecule has 228 valence electrons. The zero-order valence-electron chi connectivity index (χ0n) is 26.6. The molecule has 0 aromatic carbocycles. The van der Waals surface area contributed by atoms with Gasteiger partial charge in [0.1, 0.15) is 0 Å². The third-order valence-electron chi connectivity index (χ3n) is 8.66. The van der Waals surface area contributed by atoms with Crippen LogP contribution >= 0.6 is 0 Å². The Kier molecular flexibility index (Phi) is 32.2. The third kappa shape index (κ3) is 30.0. The van der Waals surface area contributed by atoms with Gasteiger partial charge in [0.05, 0.1) is 5.92 Å². The summed E-state index contributed by atoms with van der Waals surface area (Å²) in [4.78, 5) is 11.6. The highest BCUT2D eigenvalue weighted by Gasteiger charge is 2.16. The minimum atomic E-state index is -0.557. The van der Waals surface area contributed by atoms with Gasteiger partial charge in [0.2, 0.25) is 0 Å². The molecule has 0 saturated carbocycles. The molecule has 0 rings (SSSR count). The quantitative estimate of drug-likeness (QED) is 0.0847. The second-order valence-corrected chi connectivity index (χ2v) is 12.5. The molecule has 1 N–H and O–H groups in total. The van der Waals surface area contributed by atoms with Gasteiger partial charge in [0, 0.05) is 0 Å². The Bertz CT molecular complexity index is 447. The molecule has 0 aliphatic carbocycles. The number of carbonyl (C=O) groups is 1. The van der Waals surface area contributed by atoms with Gasteiger partial charge in [-0.25, -0.2) is 0 Å². The van der Waals surface area contributed by atoms with Crippen LogP contribution in [0.2, 0.25) is 0 Å². The molecule has 0 radical (unpaired) electrons. The van der Waals surface area contributed by atoms with Gasteiger partial charge >= 0.3 is 5.97 Å². The zero-order chi connectivity index (χ0) is 27.8. The summed E-state index contributed by atoms with van der Waals surface area (Å²) in [5.41, 5.74) is 0. The number of hydrogen-bond donors (Lipinski definition) is 1. The average Bonchev–Trinajstić information content (AvgIpc) is 2.91. The lowest BCUT2D eigenvalue weighted by atomic mass is 9.94. The lowest BCUT2D eigenvalue weighted by Crippen LogP contribution is -2.13. The lowest BCUT2D eigenvalue weighted by molar-refractivity contribution is -0.142. The van der Waals surface area contributed by atoms with Crippen LogP contribution in [0.15, 0.2) is 0 Å². The van der Waals surface area contributed by atoms with Gasteiger partial charge in [-0.1, -0.05) is 206 Å². The fourth-order valence-corrected chi connectivity index (χ4v) is 5.92. The fourth-order valence-electron chi connectivity index (χ4n) is 5.92. The maximum Gasteiger partial charge on any atom is 0.306 e. The molecular weight excluding hydrogens is 464 g/mol. The van der Waals surface area contributed by atoms with E-state index < -0.39 is 5.97 Å². The van der Waals surface area contributed by atoms with Gasteiger partial charge in [-0.2, -0.15) is 0 Å². The van der Waals surface area contributed by atoms with Crippen LogP contribution in [0.25, 0.3) is 0 Å². The predicted octanol–water partition coefficient (Wildman–Crippen LogP) is 13.2. The van der Waals surface area contributed by atoms with Gasteiger partial charge in [-0.05, 0) is 12.8 Å². The van der Waals surface area contributed by atoms with Gasteiger partial charge in [-0.3, -0.25) is 4.79 Å². The second kappa shape index (κ2) is 32.7. The highest BCUT2D eigenvalue weighted by Crippen LogP contribution is 2.20. The van der Waals surface area contributed by atoms with E-state index in [0.29, 0.717) is 0 Å². The van der Waals surface area contributed by atoms with Crippen molar-refractivity contribution in [3.8, 4) is 0 Å². The van der Waals surface area contributed by atoms with E-state index >= 15 is 0 Å². The van der Waals surface area contributed by atoms with E-state index in [1.54, 1.807) is 0 Å². The van der Waals surface area contributed by atoms with Crippen molar-refractivity contribution in [1.29, 1.82) is 0 Å². The summed E-state index contributed by atoms with van der Waals surface area (Å²) in [6.07, 6.45) is 42.9. The van der Waals surface area contributed by atoms with Gasteiger partial charge in [0.15, 0.2) is 0 Å². The topological polar surface area (TPSA) is 37.3 Å². The maximum absolute atomic E-state index is 11.6. The summed E-state index contributed by atoms with van der Waals surface area (Å²) in [6, 6.07) is 0. The van der Waals surface area contributed by atoms with Gasteiger partial charge in [0.25, 0.3) is 0 Å². The summed E-state index contributed by atoms with van der Waals surface area (Å²) >= 11 is 0. The number of carboxylic acids is 1. The molecular formula is C36H72O2. The van der Waals surface area contributed by atoms with Crippen LogP contribution in [0.3, 0.4) is 0 Å². The molecule has 0 aromatic heterocycles. The number of unbranched alkanes of at least 4 members (excludes halogenated alkanes) is 28. The molecule has 0 aromatic rings. The smallest absolute Gasteiger partial charge is 0.306 e. The molecule has 0 heterocycles. The highest BCUT2D eigenvalue weighted by molar-refractivity contribution is 5.69. The predicted molar refractivity (Wildman–Crippen MR) is 170 cm³/mol. The normalized spacial score (nSPS) is 12.3. The number of rotatable bonds is 33. The summed E-state index contributed by atoms with van der Waals surface area (Å²) in [6.45, 7) is 4.57. The monoisotopic (exact) mass is 537 g/mol. The largest absolute Gasteiger partial charge is 0.481 e. The second-order valence-electron chi connectivity index (χ2n) is 12.5. The molecule has 0 bridgehead atoms. The van der Waals surface area contributed by atoms with Crippen LogP contribution in [0.4, 0.5) is 0 Å². The molecule has 2 nitrogen and oxygen atoms in total. The van der Waals surface area contributed by atoms with E-state index in [1.165, 1.54) is 180 Å². The van der Waals surface area contributed by atoms with Crippen LogP contribution in [-0.2, 0) is 4.79 Å². The Labute approximate surface area is 240 Å². The van der Waals surface area contributed by atoms with Crippen molar-refractivity contribution in [2.75, 3.05) is 0 Å². The minimum absolute atomic E-state index is 0.0976. The summed E-state index contributed by atoms with van der Waals surface area (Å²) in [7, 11) is 0. The Morgan fingerprint density at radius 3 is 0.737 bits per heavy atom. The van der Waals surface area contributed by atoms with E-state index in [0.717, 1.165) is 25.7 Å².